The van der Waals surface area contributed by atoms with E-state index >= 15 is 0 Å². The van der Waals surface area contributed by atoms with Crippen molar-refractivity contribution in [1.29, 1.82) is 0 Å². The molecule has 0 radical (unpaired) electrons. The van der Waals surface area contributed by atoms with Crippen LogP contribution in [0.2, 0.25) is 0 Å². The maximum atomic E-state index is 12.7. The molecule has 0 spiro atoms. The Balaban J connectivity index is 1.49. The molecule has 9 atom stereocenters. The van der Waals surface area contributed by atoms with Gasteiger partial charge in [0, 0.05) is 12.5 Å². The Morgan fingerprint density at radius 1 is 1.03 bits per heavy atom. The lowest BCUT2D eigenvalue weighted by Crippen LogP contribution is -2.37. The van der Waals surface area contributed by atoms with Crippen LogP contribution >= 0.6 is 0 Å². The highest BCUT2D eigenvalue weighted by Gasteiger charge is 2.42. The van der Waals surface area contributed by atoms with Crippen LogP contribution in [0.4, 0.5) is 0 Å². The second-order valence-corrected chi connectivity index (χ2v) is 11.0. The number of esters is 1. The SMILES string of the molecule is C=C1CC(C)C[C@@H]2CC=C[C@@H](C/C=C\C(=O)O[C@H]3C[C@@H](O[C@H]3/C=C/C3CC(C)=CCO3)C(O)C(O)C1)O2. The van der Waals surface area contributed by atoms with Gasteiger partial charge in [-0.2, -0.15) is 0 Å². The summed E-state index contributed by atoms with van der Waals surface area (Å²) < 4.78 is 23.9. The van der Waals surface area contributed by atoms with Gasteiger partial charge in [0.15, 0.2) is 0 Å². The van der Waals surface area contributed by atoms with Gasteiger partial charge in [-0.3, -0.25) is 0 Å². The van der Waals surface area contributed by atoms with Gasteiger partial charge >= 0.3 is 5.97 Å². The minimum Gasteiger partial charge on any atom is -0.456 e. The van der Waals surface area contributed by atoms with Gasteiger partial charge in [-0.1, -0.05) is 61.1 Å². The van der Waals surface area contributed by atoms with Crippen molar-refractivity contribution in [1.82, 2.24) is 0 Å². The fraction of sp³-hybridized carbons (Fsp3) is 0.633. The van der Waals surface area contributed by atoms with E-state index in [0.717, 1.165) is 31.3 Å². The lowest BCUT2D eigenvalue weighted by atomic mass is 9.90. The van der Waals surface area contributed by atoms with Crippen LogP contribution in [0.25, 0.3) is 0 Å². The lowest BCUT2D eigenvalue weighted by Gasteiger charge is -2.28. The predicted molar refractivity (Wildman–Crippen MR) is 141 cm³/mol. The Hall–Kier alpha value is -2.03. The lowest BCUT2D eigenvalue weighted by molar-refractivity contribution is -0.144. The van der Waals surface area contributed by atoms with Gasteiger partial charge in [-0.15, -0.1) is 0 Å². The van der Waals surface area contributed by atoms with Crippen LogP contribution in [0.1, 0.15) is 58.8 Å². The second kappa shape index (κ2) is 13.2. The van der Waals surface area contributed by atoms with Crippen LogP contribution < -0.4 is 0 Å². The van der Waals surface area contributed by atoms with Gasteiger partial charge < -0.3 is 29.2 Å². The first-order valence-corrected chi connectivity index (χ1v) is 13.6. The molecule has 2 N–H and O–H groups in total. The third kappa shape index (κ3) is 8.23. The van der Waals surface area contributed by atoms with Crippen molar-refractivity contribution in [2.24, 2.45) is 5.92 Å². The molecule has 4 unspecified atom stereocenters. The molecule has 204 valence electrons. The molecular weight excluding hydrogens is 472 g/mol. The first kappa shape index (κ1) is 28.0. The zero-order chi connectivity index (χ0) is 26.4. The number of carbonyl (C=O) groups is 1. The van der Waals surface area contributed by atoms with E-state index in [1.54, 1.807) is 6.08 Å². The van der Waals surface area contributed by atoms with Gasteiger partial charge in [0.1, 0.15) is 18.3 Å². The van der Waals surface area contributed by atoms with Crippen molar-refractivity contribution < 1.29 is 34.0 Å². The Labute approximate surface area is 220 Å². The van der Waals surface area contributed by atoms with Crippen molar-refractivity contribution in [3.05, 3.63) is 60.3 Å². The molecule has 4 heterocycles. The number of hydrogen-bond donors (Lipinski definition) is 2. The summed E-state index contributed by atoms with van der Waals surface area (Å²) in [4.78, 5) is 12.7. The largest absolute Gasteiger partial charge is 0.456 e. The third-order valence-corrected chi connectivity index (χ3v) is 7.53. The topological polar surface area (TPSA) is 94.5 Å². The van der Waals surface area contributed by atoms with Gasteiger partial charge in [0.2, 0.25) is 0 Å². The average Bonchev–Trinajstić information content (AvgIpc) is 3.24. The Morgan fingerprint density at radius 2 is 1.86 bits per heavy atom. The smallest absolute Gasteiger partial charge is 0.330 e. The van der Waals surface area contributed by atoms with Crippen LogP contribution in [0, 0.1) is 5.92 Å². The van der Waals surface area contributed by atoms with Crippen molar-refractivity contribution in [2.45, 2.75) is 108 Å². The Bertz CT molecular complexity index is 919. The highest BCUT2D eigenvalue weighted by molar-refractivity contribution is 5.82. The molecule has 4 rings (SSSR count). The maximum Gasteiger partial charge on any atom is 0.330 e. The average molecular weight is 515 g/mol. The second-order valence-electron chi connectivity index (χ2n) is 11.0. The molecule has 1 fully saturated rings. The summed E-state index contributed by atoms with van der Waals surface area (Å²) in [6, 6.07) is 0. The summed E-state index contributed by atoms with van der Waals surface area (Å²) in [5.41, 5.74) is 2.15. The summed E-state index contributed by atoms with van der Waals surface area (Å²) in [7, 11) is 0. The van der Waals surface area contributed by atoms with Crippen LogP contribution in [0.15, 0.2) is 60.3 Å². The fourth-order valence-electron chi connectivity index (χ4n) is 5.62. The molecular formula is C30H42O7. The molecule has 0 aliphatic carbocycles. The van der Waals surface area contributed by atoms with Crippen LogP contribution in [-0.2, 0) is 23.7 Å². The Morgan fingerprint density at radius 3 is 2.68 bits per heavy atom. The molecule has 7 nitrogen and oxygen atoms in total. The molecule has 37 heavy (non-hydrogen) atoms. The molecule has 4 bridgehead atoms. The number of hydrogen-bond acceptors (Lipinski definition) is 7. The number of carbonyl (C=O) groups excluding carboxylic acids is 1. The zero-order valence-electron chi connectivity index (χ0n) is 22.0. The van der Waals surface area contributed by atoms with E-state index in [0.29, 0.717) is 18.9 Å². The number of fused-ring (bicyclic) bond motifs is 4. The molecule has 0 aromatic carbocycles. The van der Waals surface area contributed by atoms with E-state index in [1.807, 2.05) is 18.2 Å². The molecule has 0 aromatic rings. The van der Waals surface area contributed by atoms with Crippen LogP contribution in [0.5, 0.6) is 0 Å². The number of aliphatic hydroxyl groups excluding tert-OH is 2. The standard InChI is InChI=1S/C30H42O7/c1-19-12-13-34-23(15-19)10-11-26-27-18-28(36-26)30(33)25(31)17-21(3)14-20(2)16-24-8-4-6-22(35-24)7-5-9-29(32)37-27/h4-6,9-12,20,22-28,30-31,33H,3,7-8,13-18H2,1-2H3/b9-5-,11-10+/t20?,22-,23?,24-,25?,26-,27-,28+,30?/m0/s1. The molecule has 1 saturated heterocycles. The summed E-state index contributed by atoms with van der Waals surface area (Å²) in [5.74, 6) is -0.129. The highest BCUT2D eigenvalue weighted by Crippen LogP contribution is 2.31. The Kier molecular flexibility index (Phi) is 9.96. The number of ether oxygens (including phenoxy) is 4. The molecule has 0 amide bonds. The summed E-state index contributed by atoms with van der Waals surface area (Å²) in [6.07, 6.45) is 13.7. The normalized spacial score (nSPS) is 41.1. The van der Waals surface area contributed by atoms with Gasteiger partial charge in [-0.25, -0.2) is 4.79 Å². The van der Waals surface area contributed by atoms with E-state index in [1.165, 1.54) is 11.6 Å². The summed E-state index contributed by atoms with van der Waals surface area (Å²) >= 11 is 0. The maximum absolute atomic E-state index is 12.7. The molecule has 7 heteroatoms. The summed E-state index contributed by atoms with van der Waals surface area (Å²) in [6.45, 7) is 8.95. The van der Waals surface area contributed by atoms with E-state index in [4.69, 9.17) is 18.9 Å². The predicted octanol–water partition coefficient (Wildman–Crippen LogP) is 4.11. The van der Waals surface area contributed by atoms with Crippen molar-refractivity contribution >= 4 is 5.97 Å². The van der Waals surface area contributed by atoms with Gasteiger partial charge in [0.05, 0.1) is 37.1 Å². The van der Waals surface area contributed by atoms with Crippen molar-refractivity contribution in [3.8, 4) is 0 Å². The minimum absolute atomic E-state index is 0.0723. The van der Waals surface area contributed by atoms with Gasteiger partial charge in [-0.05, 0) is 51.4 Å². The van der Waals surface area contributed by atoms with E-state index in [-0.39, 0.29) is 31.2 Å². The quantitative estimate of drug-likeness (QED) is 0.423. The molecule has 0 saturated carbocycles. The first-order chi connectivity index (χ1) is 17.8. The zero-order valence-corrected chi connectivity index (χ0v) is 22.0. The summed E-state index contributed by atoms with van der Waals surface area (Å²) in [5, 5.41) is 21.7. The molecule has 0 aromatic heterocycles. The van der Waals surface area contributed by atoms with Crippen LogP contribution in [-0.4, -0.2) is 71.6 Å². The van der Waals surface area contributed by atoms with E-state index in [9.17, 15) is 15.0 Å². The number of aliphatic hydroxyl groups is 2. The van der Waals surface area contributed by atoms with Gasteiger partial charge in [0.25, 0.3) is 0 Å². The third-order valence-electron chi connectivity index (χ3n) is 7.53. The first-order valence-electron chi connectivity index (χ1n) is 13.6. The minimum atomic E-state index is -1.12. The van der Waals surface area contributed by atoms with Crippen molar-refractivity contribution in [2.75, 3.05) is 6.61 Å². The van der Waals surface area contributed by atoms with E-state index < -0.39 is 36.5 Å². The number of rotatable bonds is 2. The van der Waals surface area contributed by atoms with Crippen molar-refractivity contribution in [3.63, 3.8) is 0 Å². The highest BCUT2D eigenvalue weighted by atomic mass is 16.6. The monoisotopic (exact) mass is 514 g/mol. The molecule has 4 aliphatic heterocycles. The van der Waals surface area contributed by atoms with E-state index in [2.05, 4.69) is 32.6 Å². The molecule has 4 aliphatic rings. The van der Waals surface area contributed by atoms with Crippen LogP contribution in [0.3, 0.4) is 0 Å². The fourth-order valence-corrected chi connectivity index (χ4v) is 5.62.